The molecule has 0 unspecified atom stereocenters. The molecule has 0 aliphatic heterocycles. The van der Waals surface area contributed by atoms with Crippen LogP contribution in [0, 0.1) is 6.92 Å². The molecule has 0 amide bonds. The summed E-state index contributed by atoms with van der Waals surface area (Å²) in [7, 11) is 1.38. The van der Waals surface area contributed by atoms with Crippen LogP contribution in [0.1, 0.15) is 11.3 Å². The highest BCUT2D eigenvalue weighted by Crippen LogP contribution is 2.21. The van der Waals surface area contributed by atoms with E-state index in [9.17, 15) is 4.79 Å². The second-order valence-electron chi connectivity index (χ2n) is 3.89. The van der Waals surface area contributed by atoms with Gasteiger partial charge in [0, 0.05) is 11.1 Å². The van der Waals surface area contributed by atoms with E-state index < -0.39 is 0 Å². The molecular formula is C13H14N2O2S. The first-order valence-electron chi connectivity index (χ1n) is 5.52. The van der Waals surface area contributed by atoms with Gasteiger partial charge < -0.3 is 10.1 Å². The number of nitrogens with one attached hydrogen (secondary N) is 1. The van der Waals surface area contributed by atoms with Crippen LogP contribution >= 0.6 is 11.3 Å². The van der Waals surface area contributed by atoms with Crippen molar-refractivity contribution in [1.29, 1.82) is 0 Å². The van der Waals surface area contributed by atoms with Gasteiger partial charge in [-0.3, -0.25) is 4.79 Å². The lowest BCUT2D eigenvalue weighted by atomic mass is 10.2. The van der Waals surface area contributed by atoms with E-state index in [1.807, 2.05) is 36.6 Å². The Balaban J connectivity index is 2.04. The van der Waals surface area contributed by atoms with Crippen LogP contribution in [0.4, 0.5) is 10.8 Å². The first-order valence-corrected chi connectivity index (χ1v) is 6.40. The zero-order chi connectivity index (χ0) is 13.0. The van der Waals surface area contributed by atoms with Gasteiger partial charge in [-0.2, -0.15) is 0 Å². The molecule has 94 valence electrons. The van der Waals surface area contributed by atoms with Crippen LogP contribution in [0.25, 0.3) is 0 Å². The normalized spacial score (nSPS) is 10.1. The second-order valence-corrected chi connectivity index (χ2v) is 4.75. The summed E-state index contributed by atoms with van der Waals surface area (Å²) in [6, 6.07) is 8.05. The average molecular weight is 262 g/mol. The Bertz CT molecular complexity index is 551. The van der Waals surface area contributed by atoms with E-state index in [2.05, 4.69) is 15.0 Å². The summed E-state index contributed by atoms with van der Waals surface area (Å²) in [5, 5.41) is 5.85. The maximum Gasteiger partial charge on any atom is 0.311 e. The molecule has 0 atom stereocenters. The molecule has 1 aromatic heterocycles. The molecule has 1 aromatic carbocycles. The largest absolute Gasteiger partial charge is 0.469 e. The summed E-state index contributed by atoms with van der Waals surface area (Å²) in [6.45, 7) is 2.04. The third-order valence-electron chi connectivity index (χ3n) is 2.37. The predicted octanol–water partition coefficient (Wildman–Crippen LogP) is 2.91. The lowest BCUT2D eigenvalue weighted by Gasteiger charge is -2.02. The van der Waals surface area contributed by atoms with E-state index in [1.54, 1.807) is 0 Å². The van der Waals surface area contributed by atoms with Gasteiger partial charge in [0.15, 0.2) is 5.13 Å². The van der Waals surface area contributed by atoms with E-state index >= 15 is 0 Å². The number of hydrogen-bond donors (Lipinski definition) is 1. The Morgan fingerprint density at radius 1 is 1.50 bits per heavy atom. The number of nitrogens with zero attached hydrogens (tertiary/aromatic N) is 1. The maximum atomic E-state index is 11.1. The lowest BCUT2D eigenvalue weighted by molar-refractivity contribution is -0.139. The molecule has 0 radical (unpaired) electrons. The molecular weight excluding hydrogens is 248 g/mol. The van der Waals surface area contributed by atoms with E-state index in [0.29, 0.717) is 0 Å². The van der Waals surface area contributed by atoms with Crippen molar-refractivity contribution in [3.8, 4) is 0 Å². The number of hydrogen-bond acceptors (Lipinski definition) is 5. The number of aryl methyl sites for hydroxylation is 1. The van der Waals surface area contributed by atoms with Crippen molar-refractivity contribution in [2.45, 2.75) is 13.3 Å². The highest BCUT2D eigenvalue weighted by Gasteiger charge is 2.07. The topological polar surface area (TPSA) is 51.2 Å². The van der Waals surface area contributed by atoms with E-state index in [-0.39, 0.29) is 12.4 Å². The van der Waals surface area contributed by atoms with Crippen LogP contribution in [0.5, 0.6) is 0 Å². The van der Waals surface area contributed by atoms with Gasteiger partial charge in [0.25, 0.3) is 0 Å². The van der Waals surface area contributed by atoms with Crippen LogP contribution in [-0.2, 0) is 16.0 Å². The molecule has 0 aliphatic carbocycles. The average Bonchev–Trinajstić information content (AvgIpc) is 2.76. The molecule has 18 heavy (non-hydrogen) atoms. The Hall–Kier alpha value is -1.88. The molecule has 0 saturated carbocycles. The molecule has 0 bridgehead atoms. The monoisotopic (exact) mass is 262 g/mol. The molecule has 0 spiro atoms. The number of methoxy groups -OCH3 is 1. The SMILES string of the molecule is COC(=O)Cc1csc(Nc2cccc(C)c2)n1. The molecule has 0 fully saturated rings. The van der Waals surface area contributed by atoms with E-state index in [0.717, 1.165) is 16.5 Å². The van der Waals surface area contributed by atoms with Crippen molar-refractivity contribution in [3.63, 3.8) is 0 Å². The minimum absolute atomic E-state index is 0.211. The summed E-state index contributed by atoms with van der Waals surface area (Å²) in [4.78, 5) is 15.4. The fraction of sp³-hybridized carbons (Fsp3) is 0.231. The third kappa shape index (κ3) is 3.30. The van der Waals surface area contributed by atoms with Crippen molar-refractivity contribution < 1.29 is 9.53 Å². The molecule has 2 rings (SSSR count). The Kier molecular flexibility index (Phi) is 3.94. The molecule has 1 N–H and O–H groups in total. The summed E-state index contributed by atoms with van der Waals surface area (Å²) < 4.78 is 4.60. The molecule has 5 heteroatoms. The lowest BCUT2D eigenvalue weighted by Crippen LogP contribution is -2.04. The predicted molar refractivity (Wildman–Crippen MR) is 72.3 cm³/mol. The summed E-state index contributed by atoms with van der Waals surface area (Å²) in [5.74, 6) is -0.276. The Morgan fingerprint density at radius 2 is 2.33 bits per heavy atom. The van der Waals surface area contributed by atoms with Gasteiger partial charge >= 0.3 is 5.97 Å². The second kappa shape index (κ2) is 5.64. The van der Waals surface area contributed by atoms with Crippen LogP contribution in [0.2, 0.25) is 0 Å². The summed E-state index contributed by atoms with van der Waals surface area (Å²) in [6.07, 6.45) is 0.211. The van der Waals surface area contributed by atoms with Gasteiger partial charge in [-0.1, -0.05) is 12.1 Å². The van der Waals surface area contributed by atoms with Crippen LogP contribution in [-0.4, -0.2) is 18.1 Å². The molecule has 0 saturated heterocycles. The van der Waals surface area contributed by atoms with Crippen molar-refractivity contribution in [3.05, 3.63) is 40.9 Å². The molecule has 1 heterocycles. The van der Waals surface area contributed by atoms with Crippen molar-refractivity contribution in [2.24, 2.45) is 0 Å². The first kappa shape index (κ1) is 12.6. The number of aromatic nitrogens is 1. The molecule has 4 nitrogen and oxygen atoms in total. The number of rotatable bonds is 4. The Labute approximate surface area is 110 Å². The van der Waals surface area contributed by atoms with E-state index in [1.165, 1.54) is 24.0 Å². The van der Waals surface area contributed by atoms with Gasteiger partial charge in [0.1, 0.15) is 0 Å². The standard InChI is InChI=1S/C13H14N2O2S/c1-9-4-3-5-10(6-9)14-13-15-11(8-18-13)7-12(16)17-2/h3-6,8H,7H2,1-2H3,(H,14,15). The van der Waals surface area contributed by atoms with Crippen LogP contribution in [0.15, 0.2) is 29.6 Å². The van der Waals surface area contributed by atoms with Crippen LogP contribution < -0.4 is 5.32 Å². The fourth-order valence-electron chi connectivity index (χ4n) is 1.51. The molecule has 2 aromatic rings. The number of benzene rings is 1. The van der Waals surface area contributed by atoms with Gasteiger partial charge in [0.2, 0.25) is 0 Å². The highest BCUT2D eigenvalue weighted by molar-refractivity contribution is 7.13. The zero-order valence-electron chi connectivity index (χ0n) is 10.3. The smallest absolute Gasteiger partial charge is 0.311 e. The van der Waals surface area contributed by atoms with Crippen molar-refractivity contribution >= 4 is 28.1 Å². The zero-order valence-corrected chi connectivity index (χ0v) is 11.1. The van der Waals surface area contributed by atoms with E-state index in [4.69, 9.17) is 0 Å². The minimum Gasteiger partial charge on any atom is -0.469 e. The number of thiazole rings is 1. The molecule has 0 aliphatic rings. The number of anilines is 2. The van der Waals surface area contributed by atoms with Gasteiger partial charge in [-0.25, -0.2) is 4.98 Å². The number of carbonyl (C=O) groups excluding carboxylic acids is 1. The van der Waals surface area contributed by atoms with Crippen LogP contribution in [0.3, 0.4) is 0 Å². The highest BCUT2D eigenvalue weighted by atomic mass is 32.1. The minimum atomic E-state index is -0.276. The quantitative estimate of drug-likeness (QED) is 0.861. The third-order valence-corrected chi connectivity index (χ3v) is 3.18. The first-order chi connectivity index (χ1) is 8.67. The summed E-state index contributed by atoms with van der Waals surface area (Å²) >= 11 is 1.47. The Morgan fingerprint density at radius 3 is 3.06 bits per heavy atom. The maximum absolute atomic E-state index is 11.1. The van der Waals surface area contributed by atoms with Gasteiger partial charge in [0.05, 0.1) is 19.2 Å². The number of ether oxygens (including phenoxy) is 1. The fourth-order valence-corrected chi connectivity index (χ4v) is 2.24. The number of carbonyl (C=O) groups is 1. The van der Waals surface area contributed by atoms with Gasteiger partial charge in [-0.15, -0.1) is 11.3 Å². The summed E-state index contributed by atoms with van der Waals surface area (Å²) in [5.41, 5.74) is 2.90. The van der Waals surface area contributed by atoms with Crippen molar-refractivity contribution in [2.75, 3.05) is 12.4 Å². The van der Waals surface area contributed by atoms with Gasteiger partial charge in [-0.05, 0) is 24.6 Å². The number of esters is 1. The van der Waals surface area contributed by atoms with Crippen molar-refractivity contribution in [1.82, 2.24) is 4.98 Å².